The maximum Gasteiger partial charge on any atom is 0.233 e. The number of carbonyl (C=O) groups is 1. The number of thioether (sulfide) groups is 1. The summed E-state index contributed by atoms with van der Waals surface area (Å²) in [7, 11) is 0. The van der Waals surface area contributed by atoms with Gasteiger partial charge in [0.15, 0.2) is 0 Å². The van der Waals surface area contributed by atoms with Crippen molar-refractivity contribution in [2.24, 2.45) is 0 Å². The van der Waals surface area contributed by atoms with Crippen LogP contribution in [0.4, 0.5) is 0 Å². The van der Waals surface area contributed by atoms with E-state index in [4.69, 9.17) is 0 Å². The summed E-state index contributed by atoms with van der Waals surface area (Å²) in [6, 6.07) is 8.47. The second kappa shape index (κ2) is 6.75. The normalized spacial score (nSPS) is 17.8. The molecule has 0 saturated carbocycles. The summed E-state index contributed by atoms with van der Waals surface area (Å²) in [6.45, 7) is 7.19. The summed E-state index contributed by atoms with van der Waals surface area (Å²) in [5.74, 6) is 0.821. The van der Waals surface area contributed by atoms with Crippen LogP contribution in [-0.2, 0) is 11.2 Å². The van der Waals surface area contributed by atoms with E-state index in [9.17, 15) is 4.79 Å². The molecular formula is C19H22N2OS. The minimum atomic E-state index is 0.143. The number of carbonyl (C=O) groups excluding carboxylic acids is 1. The zero-order valence-corrected chi connectivity index (χ0v) is 14.7. The van der Waals surface area contributed by atoms with E-state index < -0.39 is 0 Å². The molecule has 1 unspecified atom stereocenters. The molecule has 3 nitrogen and oxygen atoms in total. The second-order valence-corrected chi connectivity index (χ2v) is 7.24. The van der Waals surface area contributed by atoms with Gasteiger partial charge in [-0.1, -0.05) is 17.7 Å². The van der Waals surface area contributed by atoms with E-state index in [1.807, 2.05) is 29.4 Å². The molecule has 1 saturated heterocycles. The Labute approximate surface area is 142 Å². The fourth-order valence-corrected chi connectivity index (χ4v) is 4.72. The van der Waals surface area contributed by atoms with Crippen LogP contribution in [0.5, 0.6) is 0 Å². The molecule has 1 fully saturated rings. The van der Waals surface area contributed by atoms with Gasteiger partial charge < -0.3 is 4.90 Å². The maximum atomic E-state index is 12.4. The minimum absolute atomic E-state index is 0.143. The number of aryl methyl sites for hydroxylation is 3. The Bertz CT molecular complexity index is 692. The number of nitrogens with zero attached hydrogens (tertiary/aromatic N) is 2. The van der Waals surface area contributed by atoms with Gasteiger partial charge in [-0.15, -0.1) is 11.8 Å². The Morgan fingerprint density at radius 3 is 2.48 bits per heavy atom. The van der Waals surface area contributed by atoms with Gasteiger partial charge >= 0.3 is 0 Å². The SMILES string of the molecule is Cc1cc(C)c(C2SCC(=O)N2CCc2ccncc2)c(C)c1. The molecule has 4 heteroatoms. The lowest BCUT2D eigenvalue weighted by Gasteiger charge is -2.27. The van der Waals surface area contributed by atoms with Crippen molar-refractivity contribution in [3.05, 3.63) is 64.5 Å². The van der Waals surface area contributed by atoms with E-state index in [1.165, 1.54) is 27.8 Å². The highest BCUT2D eigenvalue weighted by Gasteiger charge is 2.34. The fraction of sp³-hybridized carbons (Fsp3) is 0.368. The fourth-order valence-electron chi connectivity index (χ4n) is 3.31. The first-order valence-electron chi connectivity index (χ1n) is 7.94. The predicted molar refractivity (Wildman–Crippen MR) is 95.5 cm³/mol. The summed E-state index contributed by atoms with van der Waals surface area (Å²) in [4.78, 5) is 18.4. The zero-order chi connectivity index (χ0) is 16.4. The summed E-state index contributed by atoms with van der Waals surface area (Å²) in [5, 5.41) is 0.143. The van der Waals surface area contributed by atoms with Gasteiger partial charge in [-0.3, -0.25) is 9.78 Å². The van der Waals surface area contributed by atoms with Gasteiger partial charge in [0.05, 0.1) is 5.75 Å². The average Bonchev–Trinajstić information content (AvgIpc) is 2.86. The van der Waals surface area contributed by atoms with Crippen LogP contribution in [0.1, 0.15) is 33.2 Å². The van der Waals surface area contributed by atoms with Crippen LogP contribution in [-0.4, -0.2) is 28.1 Å². The monoisotopic (exact) mass is 326 g/mol. The molecule has 0 bridgehead atoms. The van der Waals surface area contributed by atoms with Crippen molar-refractivity contribution in [1.29, 1.82) is 0 Å². The lowest BCUT2D eigenvalue weighted by atomic mass is 9.99. The third-order valence-electron chi connectivity index (χ3n) is 4.34. The number of hydrogen-bond donors (Lipinski definition) is 0. The molecule has 1 atom stereocenters. The van der Waals surface area contributed by atoms with Crippen LogP contribution in [0.25, 0.3) is 0 Å². The highest BCUT2D eigenvalue weighted by atomic mass is 32.2. The molecule has 1 aliphatic rings. The van der Waals surface area contributed by atoms with Gasteiger partial charge in [0, 0.05) is 18.9 Å². The van der Waals surface area contributed by atoms with Crippen LogP contribution in [0.3, 0.4) is 0 Å². The number of aromatic nitrogens is 1. The number of pyridine rings is 1. The van der Waals surface area contributed by atoms with Crippen LogP contribution < -0.4 is 0 Å². The lowest BCUT2D eigenvalue weighted by molar-refractivity contribution is -0.128. The third kappa shape index (κ3) is 3.42. The van der Waals surface area contributed by atoms with E-state index in [1.54, 1.807) is 11.8 Å². The molecule has 2 heterocycles. The molecule has 23 heavy (non-hydrogen) atoms. The largest absolute Gasteiger partial charge is 0.325 e. The van der Waals surface area contributed by atoms with Crippen LogP contribution >= 0.6 is 11.8 Å². The Morgan fingerprint density at radius 1 is 1.17 bits per heavy atom. The Balaban J connectivity index is 1.83. The van der Waals surface area contributed by atoms with Gasteiger partial charge in [0.1, 0.15) is 5.37 Å². The van der Waals surface area contributed by atoms with Crippen molar-refractivity contribution in [1.82, 2.24) is 9.88 Å². The minimum Gasteiger partial charge on any atom is -0.325 e. The lowest BCUT2D eigenvalue weighted by Crippen LogP contribution is -2.31. The van der Waals surface area contributed by atoms with Gasteiger partial charge in [0.25, 0.3) is 0 Å². The zero-order valence-electron chi connectivity index (χ0n) is 13.9. The van der Waals surface area contributed by atoms with Crippen molar-refractivity contribution >= 4 is 17.7 Å². The standard InChI is InChI=1S/C19H22N2OS/c1-13-10-14(2)18(15(3)11-13)19-21(17(22)12-23-19)9-6-16-4-7-20-8-5-16/h4-5,7-8,10-11,19H,6,9,12H2,1-3H3. The molecule has 3 rings (SSSR count). The highest BCUT2D eigenvalue weighted by Crippen LogP contribution is 2.41. The van der Waals surface area contributed by atoms with Crippen molar-refractivity contribution in [3.63, 3.8) is 0 Å². The van der Waals surface area contributed by atoms with E-state index >= 15 is 0 Å². The number of hydrogen-bond acceptors (Lipinski definition) is 3. The molecule has 1 aromatic heterocycles. The van der Waals surface area contributed by atoms with Gasteiger partial charge in [0.2, 0.25) is 5.91 Å². The van der Waals surface area contributed by atoms with Gasteiger partial charge in [-0.25, -0.2) is 0 Å². The van der Waals surface area contributed by atoms with Gasteiger partial charge in [-0.2, -0.15) is 0 Å². The first-order valence-corrected chi connectivity index (χ1v) is 8.99. The number of rotatable bonds is 4. The first-order chi connectivity index (χ1) is 11.1. The second-order valence-electron chi connectivity index (χ2n) is 6.17. The van der Waals surface area contributed by atoms with Crippen LogP contribution in [0, 0.1) is 20.8 Å². The molecule has 0 N–H and O–H groups in total. The molecular weight excluding hydrogens is 304 g/mol. The molecule has 1 aromatic carbocycles. The third-order valence-corrected chi connectivity index (χ3v) is 5.56. The predicted octanol–water partition coefficient (Wildman–Crippen LogP) is 3.82. The Kier molecular flexibility index (Phi) is 4.71. The Hall–Kier alpha value is -1.81. The summed E-state index contributed by atoms with van der Waals surface area (Å²) in [6.07, 6.45) is 4.48. The van der Waals surface area contributed by atoms with Gasteiger partial charge in [-0.05, 0) is 61.6 Å². The number of amides is 1. The van der Waals surface area contributed by atoms with E-state index in [2.05, 4.69) is 37.9 Å². The quantitative estimate of drug-likeness (QED) is 0.856. The summed E-state index contributed by atoms with van der Waals surface area (Å²) in [5.41, 5.74) is 6.37. The van der Waals surface area contributed by atoms with E-state index in [-0.39, 0.29) is 11.3 Å². The molecule has 1 aliphatic heterocycles. The van der Waals surface area contributed by atoms with E-state index in [0.717, 1.165) is 13.0 Å². The van der Waals surface area contributed by atoms with Crippen molar-refractivity contribution in [2.75, 3.05) is 12.3 Å². The number of benzene rings is 1. The molecule has 120 valence electrons. The molecule has 1 amide bonds. The Morgan fingerprint density at radius 2 is 1.83 bits per heavy atom. The molecule has 0 aliphatic carbocycles. The van der Waals surface area contributed by atoms with Crippen LogP contribution in [0.2, 0.25) is 0 Å². The summed E-state index contributed by atoms with van der Waals surface area (Å²) >= 11 is 1.75. The topological polar surface area (TPSA) is 33.2 Å². The highest BCUT2D eigenvalue weighted by molar-refractivity contribution is 8.00. The van der Waals surface area contributed by atoms with Crippen molar-refractivity contribution < 1.29 is 4.79 Å². The maximum absolute atomic E-state index is 12.4. The smallest absolute Gasteiger partial charge is 0.233 e. The average molecular weight is 326 g/mol. The molecule has 0 radical (unpaired) electrons. The molecule has 2 aromatic rings. The molecule has 0 spiro atoms. The van der Waals surface area contributed by atoms with E-state index in [0.29, 0.717) is 5.75 Å². The first kappa shape index (κ1) is 16.1. The van der Waals surface area contributed by atoms with Crippen molar-refractivity contribution in [2.45, 2.75) is 32.6 Å². The van der Waals surface area contributed by atoms with Crippen LogP contribution in [0.15, 0.2) is 36.7 Å². The summed E-state index contributed by atoms with van der Waals surface area (Å²) < 4.78 is 0. The van der Waals surface area contributed by atoms with Crippen molar-refractivity contribution in [3.8, 4) is 0 Å².